The topological polar surface area (TPSA) is 20.2 Å². The van der Waals surface area contributed by atoms with E-state index in [1.807, 2.05) is 30.3 Å². The van der Waals surface area contributed by atoms with Crippen molar-refractivity contribution in [2.75, 3.05) is 0 Å². The summed E-state index contributed by atoms with van der Waals surface area (Å²) in [5.41, 5.74) is 2.13. The lowest BCUT2D eigenvalue weighted by molar-refractivity contribution is 0.469. The van der Waals surface area contributed by atoms with Crippen LogP contribution in [0.1, 0.15) is 11.1 Å². The van der Waals surface area contributed by atoms with Crippen molar-refractivity contribution >= 4 is 28.7 Å². The number of aromatic hydroxyl groups is 1. The third kappa shape index (κ3) is 3.60. The van der Waals surface area contributed by atoms with Gasteiger partial charge in [0.05, 0.1) is 0 Å². The average molecular weight is 336 g/mol. The molecule has 0 spiro atoms. The molecule has 0 aliphatic heterocycles. The van der Waals surface area contributed by atoms with Crippen LogP contribution in [0.4, 0.5) is 0 Å². The SMILES string of the molecule is Oc1cc(I)ccc1C/C=C/c1ccccc1. The van der Waals surface area contributed by atoms with Crippen LogP contribution in [-0.2, 0) is 6.42 Å². The Morgan fingerprint density at radius 3 is 2.53 bits per heavy atom. The van der Waals surface area contributed by atoms with Gasteiger partial charge in [0.2, 0.25) is 0 Å². The Kier molecular flexibility index (Phi) is 4.20. The van der Waals surface area contributed by atoms with Gasteiger partial charge in [-0.2, -0.15) is 0 Å². The van der Waals surface area contributed by atoms with Crippen molar-refractivity contribution in [2.24, 2.45) is 0 Å². The molecule has 86 valence electrons. The molecule has 0 fully saturated rings. The van der Waals surface area contributed by atoms with Crippen LogP contribution in [0.25, 0.3) is 6.08 Å². The summed E-state index contributed by atoms with van der Waals surface area (Å²) in [5, 5.41) is 9.75. The maximum absolute atomic E-state index is 9.75. The first-order valence-corrected chi connectivity index (χ1v) is 6.52. The van der Waals surface area contributed by atoms with Crippen LogP contribution in [0.15, 0.2) is 54.6 Å². The second kappa shape index (κ2) is 5.87. The van der Waals surface area contributed by atoms with Crippen molar-refractivity contribution < 1.29 is 5.11 Å². The van der Waals surface area contributed by atoms with Gasteiger partial charge in [0.15, 0.2) is 0 Å². The van der Waals surface area contributed by atoms with Crippen LogP contribution in [-0.4, -0.2) is 5.11 Å². The van der Waals surface area contributed by atoms with Crippen LogP contribution in [0.2, 0.25) is 0 Å². The van der Waals surface area contributed by atoms with E-state index in [2.05, 4.69) is 46.9 Å². The van der Waals surface area contributed by atoms with Crippen LogP contribution >= 0.6 is 22.6 Å². The Hall–Kier alpha value is -1.29. The van der Waals surface area contributed by atoms with Gasteiger partial charge in [-0.25, -0.2) is 0 Å². The number of hydrogen-bond donors (Lipinski definition) is 1. The Balaban J connectivity index is 2.05. The van der Waals surface area contributed by atoms with Crippen molar-refractivity contribution in [1.29, 1.82) is 0 Å². The molecule has 0 atom stereocenters. The quantitative estimate of drug-likeness (QED) is 0.831. The number of rotatable bonds is 3. The van der Waals surface area contributed by atoms with Gasteiger partial charge in [0.1, 0.15) is 5.75 Å². The number of halogens is 1. The fourth-order valence-corrected chi connectivity index (χ4v) is 2.07. The van der Waals surface area contributed by atoms with Gasteiger partial charge in [0, 0.05) is 3.57 Å². The van der Waals surface area contributed by atoms with Gasteiger partial charge >= 0.3 is 0 Å². The maximum Gasteiger partial charge on any atom is 0.120 e. The van der Waals surface area contributed by atoms with Crippen LogP contribution in [0.5, 0.6) is 5.75 Å². The van der Waals surface area contributed by atoms with Crippen molar-refractivity contribution in [1.82, 2.24) is 0 Å². The van der Waals surface area contributed by atoms with Gasteiger partial charge in [0.25, 0.3) is 0 Å². The highest BCUT2D eigenvalue weighted by atomic mass is 127. The molecule has 0 aliphatic carbocycles. The van der Waals surface area contributed by atoms with E-state index in [1.165, 1.54) is 5.56 Å². The molecule has 1 nitrogen and oxygen atoms in total. The summed E-state index contributed by atoms with van der Waals surface area (Å²) >= 11 is 2.19. The first kappa shape index (κ1) is 12.2. The van der Waals surface area contributed by atoms with Crippen LogP contribution in [0, 0.1) is 3.57 Å². The van der Waals surface area contributed by atoms with E-state index in [4.69, 9.17) is 0 Å². The first-order valence-electron chi connectivity index (χ1n) is 5.45. The average Bonchev–Trinajstić information content (AvgIpc) is 2.33. The normalized spacial score (nSPS) is 10.9. The van der Waals surface area contributed by atoms with Gasteiger partial charge in [-0.15, -0.1) is 0 Å². The van der Waals surface area contributed by atoms with Crippen LogP contribution < -0.4 is 0 Å². The molecule has 2 heteroatoms. The zero-order chi connectivity index (χ0) is 12.1. The van der Waals surface area contributed by atoms with Crippen molar-refractivity contribution in [3.63, 3.8) is 0 Å². The number of benzene rings is 2. The minimum Gasteiger partial charge on any atom is -0.508 e. The van der Waals surface area contributed by atoms with E-state index in [0.717, 1.165) is 15.6 Å². The smallest absolute Gasteiger partial charge is 0.120 e. The minimum atomic E-state index is 0.370. The Labute approximate surface area is 115 Å². The predicted octanol–water partition coefficient (Wildman–Crippen LogP) is 4.25. The van der Waals surface area contributed by atoms with Gasteiger partial charge in [-0.1, -0.05) is 48.6 Å². The highest BCUT2D eigenvalue weighted by molar-refractivity contribution is 14.1. The molecule has 2 aromatic rings. The Morgan fingerprint density at radius 2 is 1.82 bits per heavy atom. The lowest BCUT2D eigenvalue weighted by atomic mass is 10.1. The Bertz CT molecular complexity index is 518. The summed E-state index contributed by atoms with van der Waals surface area (Å²) in [6.07, 6.45) is 4.88. The molecular formula is C15H13IO. The molecule has 0 aliphatic rings. The van der Waals surface area contributed by atoms with E-state index in [1.54, 1.807) is 6.07 Å². The van der Waals surface area contributed by atoms with E-state index >= 15 is 0 Å². The van der Waals surface area contributed by atoms with E-state index < -0.39 is 0 Å². The zero-order valence-electron chi connectivity index (χ0n) is 9.31. The molecule has 1 N–H and O–H groups in total. The fourth-order valence-electron chi connectivity index (χ4n) is 1.60. The van der Waals surface area contributed by atoms with Crippen molar-refractivity contribution in [2.45, 2.75) is 6.42 Å². The number of allylic oxidation sites excluding steroid dienone is 1. The largest absolute Gasteiger partial charge is 0.508 e. The van der Waals surface area contributed by atoms with Gasteiger partial charge in [-0.3, -0.25) is 0 Å². The van der Waals surface area contributed by atoms with Crippen LogP contribution in [0.3, 0.4) is 0 Å². The molecule has 0 unspecified atom stereocenters. The molecular weight excluding hydrogens is 323 g/mol. The third-order valence-electron chi connectivity index (χ3n) is 2.49. The number of hydrogen-bond acceptors (Lipinski definition) is 1. The molecule has 0 heterocycles. The zero-order valence-corrected chi connectivity index (χ0v) is 11.5. The molecule has 0 saturated heterocycles. The summed E-state index contributed by atoms with van der Waals surface area (Å²) in [7, 11) is 0. The summed E-state index contributed by atoms with van der Waals surface area (Å²) < 4.78 is 1.05. The molecule has 0 radical (unpaired) electrons. The lowest BCUT2D eigenvalue weighted by Gasteiger charge is -2.01. The predicted molar refractivity (Wildman–Crippen MR) is 80.0 cm³/mol. The number of phenols is 1. The minimum absolute atomic E-state index is 0.370. The summed E-state index contributed by atoms with van der Waals surface area (Å²) in [6, 6.07) is 15.9. The molecule has 0 saturated carbocycles. The monoisotopic (exact) mass is 336 g/mol. The molecule has 0 bridgehead atoms. The third-order valence-corrected chi connectivity index (χ3v) is 3.17. The highest BCUT2D eigenvalue weighted by Gasteiger charge is 1.98. The molecule has 17 heavy (non-hydrogen) atoms. The summed E-state index contributed by atoms with van der Waals surface area (Å²) in [4.78, 5) is 0. The fraction of sp³-hybridized carbons (Fsp3) is 0.0667. The lowest BCUT2D eigenvalue weighted by Crippen LogP contribution is -1.83. The second-order valence-corrected chi connectivity index (χ2v) is 5.04. The standard InChI is InChI=1S/C15H13IO/c16-14-10-9-13(15(17)11-14)8-4-7-12-5-2-1-3-6-12/h1-7,9-11,17H,8H2/b7-4+. The van der Waals surface area contributed by atoms with E-state index in [0.29, 0.717) is 5.75 Å². The van der Waals surface area contributed by atoms with Crippen molar-refractivity contribution in [3.05, 3.63) is 69.3 Å². The molecule has 2 rings (SSSR count). The van der Waals surface area contributed by atoms with Gasteiger partial charge < -0.3 is 5.11 Å². The Morgan fingerprint density at radius 1 is 1.06 bits per heavy atom. The van der Waals surface area contributed by atoms with E-state index in [-0.39, 0.29) is 0 Å². The number of phenolic OH excluding ortho intramolecular Hbond substituents is 1. The van der Waals surface area contributed by atoms with Gasteiger partial charge in [-0.05, 0) is 52.3 Å². The molecule has 2 aromatic carbocycles. The first-order chi connectivity index (χ1) is 8.25. The summed E-state index contributed by atoms with van der Waals surface area (Å²) in [5.74, 6) is 0.370. The maximum atomic E-state index is 9.75. The van der Waals surface area contributed by atoms with E-state index in [9.17, 15) is 5.11 Å². The highest BCUT2D eigenvalue weighted by Crippen LogP contribution is 2.20. The van der Waals surface area contributed by atoms with Crippen molar-refractivity contribution in [3.8, 4) is 5.75 Å². The second-order valence-electron chi connectivity index (χ2n) is 3.79. The molecule has 0 amide bonds. The summed E-state index contributed by atoms with van der Waals surface area (Å²) in [6.45, 7) is 0. The molecule has 0 aromatic heterocycles.